The number of amides is 2. The van der Waals surface area contributed by atoms with Crippen molar-refractivity contribution in [2.24, 2.45) is 5.92 Å². The second-order valence-electron chi connectivity index (χ2n) is 7.45. The van der Waals surface area contributed by atoms with Crippen molar-refractivity contribution in [3.63, 3.8) is 0 Å². The maximum Gasteiger partial charge on any atom is 0.315 e. The molecule has 0 saturated carbocycles. The minimum Gasteiger partial charge on any atom is -0.337 e. The number of nitrogens with zero attached hydrogens (tertiary/aromatic N) is 1. The van der Waals surface area contributed by atoms with Crippen molar-refractivity contribution >= 4 is 6.03 Å². The zero-order valence-corrected chi connectivity index (χ0v) is 14.0. The molecule has 1 rings (SSSR count). The van der Waals surface area contributed by atoms with Gasteiger partial charge in [-0.3, -0.25) is 4.90 Å². The molecular formula is C16H33N3O. The Morgan fingerprint density at radius 2 is 2.00 bits per heavy atom. The molecule has 0 aromatic rings. The SMILES string of the molecule is CC(C)C[C@H]1CCCCN1CCNC(=O)NC(C)(C)C. The first-order chi connectivity index (χ1) is 9.28. The number of nitrogens with one attached hydrogen (secondary N) is 2. The number of carbonyl (C=O) groups is 1. The Hall–Kier alpha value is -0.770. The van der Waals surface area contributed by atoms with E-state index in [1.807, 2.05) is 20.8 Å². The van der Waals surface area contributed by atoms with E-state index in [2.05, 4.69) is 29.4 Å². The first-order valence-corrected chi connectivity index (χ1v) is 8.08. The van der Waals surface area contributed by atoms with E-state index in [9.17, 15) is 4.79 Å². The molecule has 1 saturated heterocycles. The highest BCUT2D eigenvalue weighted by molar-refractivity contribution is 5.74. The Kier molecular flexibility index (Phi) is 6.80. The van der Waals surface area contributed by atoms with Crippen molar-refractivity contribution in [1.29, 1.82) is 0 Å². The van der Waals surface area contributed by atoms with E-state index in [0.717, 1.165) is 19.0 Å². The van der Waals surface area contributed by atoms with Gasteiger partial charge >= 0.3 is 6.03 Å². The van der Waals surface area contributed by atoms with Gasteiger partial charge < -0.3 is 10.6 Å². The molecule has 4 heteroatoms. The second-order valence-corrected chi connectivity index (χ2v) is 7.45. The number of piperidine rings is 1. The summed E-state index contributed by atoms with van der Waals surface area (Å²) >= 11 is 0. The molecule has 1 atom stereocenters. The number of hydrogen-bond donors (Lipinski definition) is 2. The highest BCUT2D eigenvalue weighted by atomic mass is 16.2. The van der Waals surface area contributed by atoms with Crippen LogP contribution in [-0.2, 0) is 0 Å². The van der Waals surface area contributed by atoms with Gasteiger partial charge in [-0.2, -0.15) is 0 Å². The lowest BCUT2D eigenvalue weighted by molar-refractivity contribution is 0.130. The van der Waals surface area contributed by atoms with Gasteiger partial charge in [0.05, 0.1) is 0 Å². The largest absolute Gasteiger partial charge is 0.337 e. The van der Waals surface area contributed by atoms with Gasteiger partial charge in [0.2, 0.25) is 0 Å². The summed E-state index contributed by atoms with van der Waals surface area (Å²) in [6.07, 6.45) is 5.23. The van der Waals surface area contributed by atoms with Crippen molar-refractivity contribution < 1.29 is 4.79 Å². The monoisotopic (exact) mass is 283 g/mol. The van der Waals surface area contributed by atoms with Crippen LogP contribution in [0.5, 0.6) is 0 Å². The maximum absolute atomic E-state index is 11.7. The third-order valence-corrected chi connectivity index (χ3v) is 3.67. The molecule has 118 valence electrons. The number of rotatable bonds is 5. The number of carbonyl (C=O) groups excluding carboxylic acids is 1. The zero-order chi connectivity index (χ0) is 15.2. The molecule has 4 nitrogen and oxygen atoms in total. The summed E-state index contributed by atoms with van der Waals surface area (Å²) in [5.41, 5.74) is -0.171. The van der Waals surface area contributed by atoms with E-state index in [-0.39, 0.29) is 11.6 Å². The molecule has 0 radical (unpaired) electrons. The second kappa shape index (κ2) is 7.87. The Balaban J connectivity index is 2.29. The summed E-state index contributed by atoms with van der Waals surface area (Å²) in [4.78, 5) is 14.3. The normalized spacial score (nSPS) is 21.0. The molecule has 2 N–H and O–H groups in total. The van der Waals surface area contributed by atoms with E-state index in [4.69, 9.17) is 0 Å². The molecule has 0 aliphatic carbocycles. The van der Waals surface area contributed by atoms with Crippen molar-refractivity contribution in [3.05, 3.63) is 0 Å². The van der Waals surface area contributed by atoms with Gasteiger partial charge in [-0.05, 0) is 52.5 Å². The number of likely N-dealkylation sites (tertiary alicyclic amines) is 1. The van der Waals surface area contributed by atoms with Crippen molar-refractivity contribution in [1.82, 2.24) is 15.5 Å². The van der Waals surface area contributed by atoms with E-state index >= 15 is 0 Å². The number of hydrogen-bond acceptors (Lipinski definition) is 2. The van der Waals surface area contributed by atoms with Gasteiger partial charge in [-0.15, -0.1) is 0 Å². The Morgan fingerprint density at radius 1 is 1.30 bits per heavy atom. The van der Waals surface area contributed by atoms with Crippen molar-refractivity contribution in [2.45, 2.75) is 71.9 Å². The lowest BCUT2D eigenvalue weighted by Crippen LogP contribution is -2.49. The predicted molar refractivity (Wildman–Crippen MR) is 85.0 cm³/mol. The lowest BCUT2D eigenvalue weighted by atomic mass is 9.94. The van der Waals surface area contributed by atoms with Crippen LogP contribution in [0, 0.1) is 5.92 Å². The molecule has 1 fully saturated rings. The molecule has 0 aromatic carbocycles. The standard InChI is InChI=1S/C16H33N3O/c1-13(2)12-14-8-6-7-10-19(14)11-9-17-15(20)18-16(3,4)5/h13-14H,6-12H2,1-5H3,(H2,17,18,20)/t14-/m1/s1. The number of urea groups is 1. The highest BCUT2D eigenvalue weighted by Crippen LogP contribution is 2.22. The minimum absolute atomic E-state index is 0.0603. The van der Waals surface area contributed by atoms with Gasteiger partial charge in [0.15, 0.2) is 0 Å². The van der Waals surface area contributed by atoms with Crippen molar-refractivity contribution in [3.8, 4) is 0 Å². The lowest BCUT2D eigenvalue weighted by Gasteiger charge is -2.36. The van der Waals surface area contributed by atoms with E-state index in [0.29, 0.717) is 6.04 Å². The smallest absolute Gasteiger partial charge is 0.315 e. The van der Waals surface area contributed by atoms with Gasteiger partial charge in [-0.25, -0.2) is 4.79 Å². The first-order valence-electron chi connectivity index (χ1n) is 8.08. The molecule has 1 heterocycles. The summed E-state index contributed by atoms with van der Waals surface area (Å²) in [6, 6.07) is 0.645. The fourth-order valence-corrected chi connectivity index (χ4v) is 2.86. The summed E-state index contributed by atoms with van der Waals surface area (Å²) in [7, 11) is 0. The summed E-state index contributed by atoms with van der Waals surface area (Å²) in [5, 5.41) is 5.90. The van der Waals surface area contributed by atoms with E-state index in [1.165, 1.54) is 32.2 Å². The minimum atomic E-state index is -0.171. The Labute approximate surface area is 124 Å². The quantitative estimate of drug-likeness (QED) is 0.814. The zero-order valence-electron chi connectivity index (χ0n) is 14.0. The van der Waals surface area contributed by atoms with Crippen LogP contribution in [-0.4, -0.2) is 42.1 Å². The molecule has 20 heavy (non-hydrogen) atoms. The van der Waals surface area contributed by atoms with Crippen LogP contribution in [0.15, 0.2) is 0 Å². The van der Waals surface area contributed by atoms with Crippen LogP contribution >= 0.6 is 0 Å². The maximum atomic E-state index is 11.7. The fraction of sp³-hybridized carbons (Fsp3) is 0.938. The topological polar surface area (TPSA) is 44.4 Å². The first kappa shape index (κ1) is 17.3. The third-order valence-electron chi connectivity index (χ3n) is 3.67. The van der Waals surface area contributed by atoms with Gasteiger partial charge in [0.1, 0.15) is 0 Å². The molecule has 1 aliphatic heterocycles. The van der Waals surface area contributed by atoms with Crippen LogP contribution in [0.25, 0.3) is 0 Å². The molecule has 1 aliphatic rings. The van der Waals surface area contributed by atoms with Crippen LogP contribution < -0.4 is 10.6 Å². The molecular weight excluding hydrogens is 250 g/mol. The van der Waals surface area contributed by atoms with Gasteiger partial charge in [0, 0.05) is 24.7 Å². The van der Waals surface area contributed by atoms with E-state index < -0.39 is 0 Å². The van der Waals surface area contributed by atoms with Gasteiger partial charge in [-0.1, -0.05) is 20.3 Å². The van der Waals surface area contributed by atoms with Crippen LogP contribution in [0.2, 0.25) is 0 Å². The molecule has 0 aromatic heterocycles. The summed E-state index contributed by atoms with van der Waals surface area (Å²) in [6.45, 7) is 13.5. The third kappa shape index (κ3) is 7.13. The van der Waals surface area contributed by atoms with Crippen LogP contribution in [0.3, 0.4) is 0 Å². The molecule has 0 unspecified atom stereocenters. The Morgan fingerprint density at radius 3 is 2.60 bits per heavy atom. The summed E-state index contributed by atoms with van der Waals surface area (Å²) < 4.78 is 0. The van der Waals surface area contributed by atoms with Gasteiger partial charge in [0.25, 0.3) is 0 Å². The fourth-order valence-electron chi connectivity index (χ4n) is 2.86. The average Bonchev–Trinajstić information content (AvgIpc) is 2.28. The van der Waals surface area contributed by atoms with Crippen LogP contribution in [0.4, 0.5) is 4.79 Å². The average molecular weight is 283 g/mol. The van der Waals surface area contributed by atoms with E-state index in [1.54, 1.807) is 0 Å². The molecule has 2 amide bonds. The Bertz CT molecular complexity index is 297. The summed E-state index contributed by atoms with van der Waals surface area (Å²) in [5.74, 6) is 0.748. The molecule has 0 bridgehead atoms. The predicted octanol–water partition coefficient (Wildman–Crippen LogP) is 2.98. The molecule has 0 spiro atoms. The van der Waals surface area contributed by atoms with Crippen LogP contribution in [0.1, 0.15) is 60.3 Å². The van der Waals surface area contributed by atoms with Crippen molar-refractivity contribution in [2.75, 3.05) is 19.6 Å². The highest BCUT2D eigenvalue weighted by Gasteiger charge is 2.22.